The third-order valence-corrected chi connectivity index (χ3v) is 4.55. The van der Waals surface area contributed by atoms with Gasteiger partial charge in [0, 0.05) is 18.6 Å². The quantitative estimate of drug-likeness (QED) is 0.351. The second-order valence-electron chi connectivity index (χ2n) is 5.93. The normalized spacial score (nSPS) is 11.0. The molecule has 0 aliphatic heterocycles. The van der Waals surface area contributed by atoms with E-state index in [0.717, 1.165) is 16.9 Å². The maximum absolute atomic E-state index is 14.1. The lowest BCUT2D eigenvalue weighted by Crippen LogP contribution is -2.04. The Bertz CT molecular complexity index is 776. The highest BCUT2D eigenvalue weighted by Gasteiger charge is 2.17. The van der Waals surface area contributed by atoms with Gasteiger partial charge in [-0.3, -0.25) is 4.79 Å². The fraction of sp³-hybridized carbons (Fsp3) is 0.316. The molecule has 0 unspecified atom stereocenters. The van der Waals surface area contributed by atoms with E-state index in [-0.39, 0.29) is 28.3 Å². The zero-order chi connectivity index (χ0) is 18.6. The second-order valence-corrected chi connectivity index (χ2v) is 6.71. The average molecular weight is 385 g/mol. The van der Waals surface area contributed by atoms with Crippen LogP contribution in [0.3, 0.4) is 0 Å². The third-order valence-electron chi connectivity index (χ3n) is 3.82. The topological polar surface area (TPSA) is 35.5 Å². The molecule has 0 aromatic heterocycles. The minimum Gasteiger partial charge on any atom is -0.467 e. The maximum Gasteiger partial charge on any atom is 0.188 e. The van der Waals surface area contributed by atoms with Crippen molar-refractivity contribution in [1.82, 2.24) is 0 Å². The number of rotatable bonds is 7. The summed E-state index contributed by atoms with van der Waals surface area (Å²) in [5.74, 6) is 0.215. The van der Waals surface area contributed by atoms with Gasteiger partial charge in [0.25, 0.3) is 0 Å². The first-order valence-corrected chi connectivity index (χ1v) is 8.50. The van der Waals surface area contributed by atoms with Crippen LogP contribution in [0.1, 0.15) is 46.8 Å². The van der Waals surface area contributed by atoms with Crippen molar-refractivity contribution in [2.45, 2.75) is 26.2 Å². The predicted molar refractivity (Wildman–Crippen MR) is 97.6 cm³/mol. The van der Waals surface area contributed by atoms with Crippen LogP contribution in [0.25, 0.3) is 0 Å². The number of aldehydes is 1. The highest BCUT2D eigenvalue weighted by atomic mass is 35.5. The molecule has 0 radical (unpaired) electrons. The first-order chi connectivity index (χ1) is 11.9. The zero-order valence-electron chi connectivity index (χ0n) is 14.2. The van der Waals surface area contributed by atoms with Crippen molar-refractivity contribution in [1.29, 1.82) is 0 Å². The van der Waals surface area contributed by atoms with Gasteiger partial charge in [-0.2, -0.15) is 0 Å². The molecule has 6 heteroatoms. The Labute approximate surface area is 156 Å². The Morgan fingerprint density at radius 2 is 1.96 bits per heavy atom. The van der Waals surface area contributed by atoms with Gasteiger partial charge in [0.15, 0.2) is 18.9 Å². The number of halogens is 3. The van der Waals surface area contributed by atoms with E-state index in [2.05, 4.69) is 13.8 Å². The molecule has 134 valence electrons. The first-order valence-electron chi connectivity index (χ1n) is 7.75. The molecule has 25 heavy (non-hydrogen) atoms. The Morgan fingerprint density at radius 1 is 1.24 bits per heavy atom. The number of methoxy groups -OCH3 is 1. The summed E-state index contributed by atoms with van der Waals surface area (Å²) in [5.41, 5.74) is 2.22. The summed E-state index contributed by atoms with van der Waals surface area (Å²) < 4.78 is 24.6. The monoisotopic (exact) mass is 384 g/mol. The molecule has 0 saturated heterocycles. The van der Waals surface area contributed by atoms with Gasteiger partial charge in [-0.05, 0) is 34.7 Å². The van der Waals surface area contributed by atoms with Gasteiger partial charge in [0.05, 0.1) is 10.6 Å². The van der Waals surface area contributed by atoms with Crippen LogP contribution < -0.4 is 4.74 Å². The lowest BCUT2D eigenvalue weighted by molar-refractivity contribution is 0.0502. The molecule has 0 spiro atoms. The third kappa shape index (κ3) is 4.51. The molecule has 0 bridgehead atoms. The van der Waals surface area contributed by atoms with Crippen molar-refractivity contribution >= 4 is 29.5 Å². The van der Waals surface area contributed by atoms with E-state index in [1.165, 1.54) is 6.07 Å². The minimum atomic E-state index is -0.750. The van der Waals surface area contributed by atoms with E-state index in [1.54, 1.807) is 7.11 Å². The molecule has 0 N–H and O–H groups in total. The lowest BCUT2D eigenvalue weighted by Gasteiger charge is -2.16. The van der Waals surface area contributed by atoms with Crippen LogP contribution in [0.5, 0.6) is 5.75 Å². The Kier molecular flexibility index (Phi) is 6.82. The van der Waals surface area contributed by atoms with Gasteiger partial charge in [-0.1, -0.05) is 49.2 Å². The molecular formula is C19H19Cl2FO3. The molecule has 0 aliphatic rings. The van der Waals surface area contributed by atoms with E-state index >= 15 is 0 Å². The summed E-state index contributed by atoms with van der Waals surface area (Å²) in [6, 6.07) is 7.00. The molecule has 2 aromatic rings. The SMILES string of the molecule is COCOc1ccc(Cc2c(Cl)cc(C=O)c(F)c2Cl)cc1C(C)C. The van der Waals surface area contributed by atoms with Gasteiger partial charge in [0.1, 0.15) is 5.75 Å². The lowest BCUT2D eigenvalue weighted by atomic mass is 9.96. The van der Waals surface area contributed by atoms with Crippen molar-refractivity contribution in [2.24, 2.45) is 0 Å². The summed E-state index contributed by atoms with van der Waals surface area (Å²) in [6.07, 6.45) is 0.744. The molecule has 0 heterocycles. The van der Waals surface area contributed by atoms with Crippen LogP contribution >= 0.6 is 23.2 Å². The van der Waals surface area contributed by atoms with E-state index in [0.29, 0.717) is 18.3 Å². The maximum atomic E-state index is 14.1. The number of benzene rings is 2. The van der Waals surface area contributed by atoms with Crippen molar-refractivity contribution in [3.05, 3.63) is 62.4 Å². The summed E-state index contributed by atoms with van der Waals surface area (Å²) in [7, 11) is 1.56. The van der Waals surface area contributed by atoms with Gasteiger partial charge < -0.3 is 9.47 Å². The summed E-state index contributed by atoms with van der Waals surface area (Å²) in [4.78, 5) is 10.9. The van der Waals surface area contributed by atoms with Crippen LogP contribution in [-0.2, 0) is 11.2 Å². The molecule has 0 saturated carbocycles. The van der Waals surface area contributed by atoms with Crippen molar-refractivity contribution in [2.75, 3.05) is 13.9 Å². The fourth-order valence-electron chi connectivity index (χ4n) is 2.52. The van der Waals surface area contributed by atoms with Crippen LogP contribution in [0.2, 0.25) is 10.0 Å². The highest BCUT2D eigenvalue weighted by molar-refractivity contribution is 6.36. The summed E-state index contributed by atoms with van der Waals surface area (Å²) >= 11 is 12.3. The molecule has 3 nitrogen and oxygen atoms in total. The molecule has 2 aromatic carbocycles. The van der Waals surface area contributed by atoms with Gasteiger partial charge in [-0.15, -0.1) is 0 Å². The molecule has 0 fully saturated rings. The Balaban J connectivity index is 2.39. The number of hydrogen-bond donors (Lipinski definition) is 0. The van der Waals surface area contributed by atoms with Crippen LogP contribution in [-0.4, -0.2) is 20.2 Å². The number of ether oxygens (including phenoxy) is 2. The van der Waals surface area contributed by atoms with E-state index in [4.69, 9.17) is 32.7 Å². The smallest absolute Gasteiger partial charge is 0.188 e. The van der Waals surface area contributed by atoms with Crippen molar-refractivity contribution < 1.29 is 18.7 Å². The van der Waals surface area contributed by atoms with Crippen LogP contribution in [0.15, 0.2) is 24.3 Å². The zero-order valence-corrected chi connectivity index (χ0v) is 15.7. The van der Waals surface area contributed by atoms with Gasteiger partial charge in [0.2, 0.25) is 0 Å². The molecule has 0 amide bonds. The number of carbonyl (C=O) groups excluding carboxylic acids is 1. The van der Waals surface area contributed by atoms with E-state index < -0.39 is 5.82 Å². The Hall–Kier alpha value is -1.62. The van der Waals surface area contributed by atoms with Crippen LogP contribution in [0, 0.1) is 5.82 Å². The standard InChI is InChI=1S/C19H19Cl2FO3/c1-11(2)14-6-12(4-5-17(14)25-10-24-3)7-15-16(20)8-13(9-23)19(22)18(15)21/h4-6,8-9,11H,7,10H2,1-3H3. The fourth-order valence-corrected chi connectivity index (χ4v) is 3.12. The molecular weight excluding hydrogens is 366 g/mol. The largest absolute Gasteiger partial charge is 0.467 e. The van der Waals surface area contributed by atoms with Crippen LogP contribution in [0.4, 0.5) is 4.39 Å². The molecule has 0 atom stereocenters. The predicted octanol–water partition coefficient (Wildman–Crippen LogP) is 5.64. The number of carbonyl (C=O) groups is 1. The van der Waals surface area contributed by atoms with E-state index in [9.17, 15) is 9.18 Å². The first kappa shape index (κ1) is 19.7. The average Bonchev–Trinajstić information content (AvgIpc) is 2.60. The number of hydrogen-bond acceptors (Lipinski definition) is 3. The molecule has 2 rings (SSSR count). The second kappa shape index (κ2) is 8.65. The summed E-state index contributed by atoms with van der Waals surface area (Å²) in [6.45, 7) is 4.27. The summed E-state index contributed by atoms with van der Waals surface area (Å²) in [5, 5.41) is 0.139. The van der Waals surface area contributed by atoms with Gasteiger partial charge in [-0.25, -0.2) is 4.39 Å². The molecule has 0 aliphatic carbocycles. The van der Waals surface area contributed by atoms with Crippen molar-refractivity contribution in [3.63, 3.8) is 0 Å². The minimum absolute atomic E-state index is 0.125. The highest BCUT2D eigenvalue weighted by Crippen LogP contribution is 2.33. The van der Waals surface area contributed by atoms with Crippen molar-refractivity contribution in [3.8, 4) is 5.75 Å². The van der Waals surface area contributed by atoms with E-state index in [1.807, 2.05) is 18.2 Å². The van der Waals surface area contributed by atoms with Gasteiger partial charge >= 0.3 is 0 Å². The Morgan fingerprint density at radius 3 is 2.56 bits per heavy atom.